The van der Waals surface area contributed by atoms with Crippen LogP contribution in [0.5, 0.6) is 5.75 Å². The van der Waals surface area contributed by atoms with Crippen LogP contribution < -0.4 is 10.1 Å². The third kappa shape index (κ3) is 5.72. The molecule has 2 heterocycles. The van der Waals surface area contributed by atoms with Gasteiger partial charge in [0, 0.05) is 31.3 Å². The van der Waals surface area contributed by atoms with Crippen LogP contribution in [0, 0.1) is 0 Å². The van der Waals surface area contributed by atoms with Crippen LogP contribution in [0.15, 0.2) is 52.3 Å². The molecular formula is C22H27ClN4O3. The van der Waals surface area contributed by atoms with Crippen molar-refractivity contribution in [3.8, 4) is 5.75 Å². The number of aliphatic hydroxyl groups excluding tert-OH is 1. The maximum atomic E-state index is 8.84. The van der Waals surface area contributed by atoms with Gasteiger partial charge in [-0.15, -0.1) is 0 Å². The van der Waals surface area contributed by atoms with E-state index < -0.39 is 0 Å². The second-order valence-electron chi connectivity index (χ2n) is 6.65. The molecule has 0 unspecified atom stereocenters. The Labute approximate surface area is 181 Å². The number of aromatic nitrogens is 1. The summed E-state index contributed by atoms with van der Waals surface area (Å²) in [5.41, 5.74) is 2.76. The number of allylic oxidation sites excluding steroid dienone is 2. The average Bonchev–Trinajstić information content (AvgIpc) is 3.00. The van der Waals surface area contributed by atoms with Crippen LogP contribution in [0.25, 0.3) is 0 Å². The monoisotopic (exact) mass is 430 g/mol. The molecule has 2 aromatic rings. The summed E-state index contributed by atoms with van der Waals surface area (Å²) < 4.78 is 13.3. The van der Waals surface area contributed by atoms with Gasteiger partial charge < -0.3 is 24.5 Å². The third-order valence-electron chi connectivity index (χ3n) is 4.64. The standard InChI is InChI=1S/C22H27ClN4O3/c1-3-17(4-2)30-21-6-5-16(13-18(21)23)26-22-14-20-19(24-15-25-22)7-8-27(20)9-11-29-12-10-28/h3,5-8,13,15,28H,4,9-12,14H2,1-2H3,(H,24,25,26)/b17-3+. The lowest BCUT2D eigenvalue weighted by molar-refractivity contribution is 0.0868. The van der Waals surface area contributed by atoms with Crippen molar-refractivity contribution in [1.29, 1.82) is 0 Å². The second-order valence-corrected chi connectivity index (χ2v) is 7.06. The molecule has 1 aromatic carbocycles. The predicted molar refractivity (Wildman–Crippen MR) is 121 cm³/mol. The molecular weight excluding hydrogens is 404 g/mol. The summed E-state index contributed by atoms with van der Waals surface area (Å²) in [5, 5.41) is 12.7. The first kappa shape index (κ1) is 22.1. The van der Waals surface area contributed by atoms with E-state index in [1.807, 2.05) is 50.4 Å². The van der Waals surface area contributed by atoms with Crippen LogP contribution in [-0.4, -0.2) is 41.7 Å². The van der Waals surface area contributed by atoms with Crippen molar-refractivity contribution >= 4 is 35.1 Å². The number of fused-ring (bicyclic) bond motifs is 1. The first-order chi connectivity index (χ1) is 14.6. The van der Waals surface area contributed by atoms with Gasteiger partial charge in [0.25, 0.3) is 0 Å². The highest BCUT2D eigenvalue weighted by Gasteiger charge is 2.15. The number of ether oxygens (including phenoxy) is 2. The summed E-state index contributed by atoms with van der Waals surface area (Å²) in [7, 11) is 0. The highest BCUT2D eigenvalue weighted by Crippen LogP contribution is 2.30. The van der Waals surface area contributed by atoms with Crippen molar-refractivity contribution in [2.75, 3.05) is 25.1 Å². The lowest BCUT2D eigenvalue weighted by Gasteiger charge is -2.14. The van der Waals surface area contributed by atoms with E-state index in [9.17, 15) is 0 Å². The number of benzene rings is 1. The van der Waals surface area contributed by atoms with E-state index in [0.717, 1.165) is 35.1 Å². The van der Waals surface area contributed by atoms with Gasteiger partial charge in [-0.2, -0.15) is 0 Å². The number of nitrogens with one attached hydrogen (secondary N) is 1. The summed E-state index contributed by atoms with van der Waals surface area (Å²) in [6, 6.07) is 7.55. The molecule has 0 bridgehead atoms. The molecule has 0 saturated carbocycles. The lowest BCUT2D eigenvalue weighted by atomic mass is 10.2. The highest BCUT2D eigenvalue weighted by molar-refractivity contribution is 6.32. The Balaban J connectivity index is 1.68. The van der Waals surface area contributed by atoms with Gasteiger partial charge in [0.2, 0.25) is 0 Å². The average molecular weight is 431 g/mol. The zero-order valence-electron chi connectivity index (χ0n) is 17.3. The molecule has 1 aliphatic heterocycles. The first-order valence-corrected chi connectivity index (χ1v) is 10.4. The van der Waals surface area contributed by atoms with Crippen molar-refractivity contribution in [2.24, 2.45) is 9.98 Å². The van der Waals surface area contributed by atoms with Crippen LogP contribution in [0.1, 0.15) is 26.0 Å². The number of halogens is 1. The normalized spacial score (nSPS) is 13.6. The van der Waals surface area contributed by atoms with E-state index in [1.54, 1.807) is 6.34 Å². The van der Waals surface area contributed by atoms with Crippen molar-refractivity contribution < 1.29 is 14.6 Å². The Morgan fingerprint density at radius 1 is 1.33 bits per heavy atom. The van der Waals surface area contributed by atoms with Crippen molar-refractivity contribution in [3.05, 3.63) is 53.0 Å². The molecule has 3 rings (SSSR count). The molecule has 8 heteroatoms. The molecule has 0 radical (unpaired) electrons. The van der Waals surface area contributed by atoms with Crippen LogP contribution in [0.3, 0.4) is 0 Å². The number of hydrogen-bond acceptors (Lipinski definition) is 6. The summed E-state index contributed by atoms with van der Waals surface area (Å²) in [6.45, 7) is 5.54. The molecule has 2 N–H and O–H groups in total. The number of aliphatic imine (C=N–C) groups is 2. The Hall–Kier alpha value is -2.61. The Kier molecular flexibility index (Phi) is 8.07. The smallest absolute Gasteiger partial charge is 0.145 e. The van der Waals surface area contributed by atoms with Gasteiger partial charge in [0.05, 0.1) is 42.0 Å². The van der Waals surface area contributed by atoms with Gasteiger partial charge in [-0.05, 0) is 37.3 Å². The zero-order valence-corrected chi connectivity index (χ0v) is 18.0. The second kappa shape index (κ2) is 11.0. The molecule has 0 saturated heterocycles. The number of amidine groups is 1. The SMILES string of the molecule is C/C=C(\CC)Oc1ccc(NC2=NC=Nc3ccn(CCOCCO)c3C2)cc1Cl. The minimum absolute atomic E-state index is 0.0235. The molecule has 0 amide bonds. The van der Waals surface area contributed by atoms with Crippen LogP contribution >= 0.6 is 11.6 Å². The number of anilines is 1. The molecule has 1 aromatic heterocycles. The Morgan fingerprint density at radius 3 is 2.93 bits per heavy atom. The Bertz CT molecular complexity index is 950. The van der Waals surface area contributed by atoms with Gasteiger partial charge in [-0.3, -0.25) is 0 Å². The molecule has 7 nitrogen and oxygen atoms in total. The summed E-state index contributed by atoms with van der Waals surface area (Å²) >= 11 is 6.41. The summed E-state index contributed by atoms with van der Waals surface area (Å²) in [6.07, 6.45) is 6.87. The van der Waals surface area contributed by atoms with Crippen molar-refractivity contribution in [2.45, 2.75) is 33.2 Å². The van der Waals surface area contributed by atoms with Gasteiger partial charge in [0.15, 0.2) is 0 Å². The molecule has 0 atom stereocenters. The van der Waals surface area contributed by atoms with Crippen LogP contribution in [0.2, 0.25) is 5.02 Å². The minimum atomic E-state index is 0.0235. The fraction of sp³-hybridized carbons (Fsp3) is 0.364. The fourth-order valence-corrected chi connectivity index (χ4v) is 3.31. The van der Waals surface area contributed by atoms with Crippen LogP contribution in [0.4, 0.5) is 11.4 Å². The zero-order chi connectivity index (χ0) is 21.3. The van der Waals surface area contributed by atoms with E-state index in [2.05, 4.69) is 19.9 Å². The van der Waals surface area contributed by atoms with E-state index >= 15 is 0 Å². The summed E-state index contributed by atoms with van der Waals surface area (Å²) in [4.78, 5) is 8.86. The van der Waals surface area contributed by atoms with Gasteiger partial charge in [0.1, 0.15) is 17.9 Å². The van der Waals surface area contributed by atoms with Crippen molar-refractivity contribution in [1.82, 2.24) is 4.57 Å². The number of aliphatic hydroxyl groups is 1. The van der Waals surface area contributed by atoms with E-state index in [4.69, 9.17) is 26.2 Å². The first-order valence-electron chi connectivity index (χ1n) is 10.00. The largest absolute Gasteiger partial charge is 0.461 e. The molecule has 30 heavy (non-hydrogen) atoms. The summed E-state index contributed by atoms with van der Waals surface area (Å²) in [5.74, 6) is 2.26. The van der Waals surface area contributed by atoms with Crippen LogP contribution in [-0.2, 0) is 17.7 Å². The topological polar surface area (TPSA) is 80.4 Å². The lowest BCUT2D eigenvalue weighted by Crippen LogP contribution is -2.18. The molecule has 0 fully saturated rings. The van der Waals surface area contributed by atoms with E-state index in [0.29, 0.717) is 37.0 Å². The number of nitrogens with zero attached hydrogens (tertiary/aromatic N) is 3. The van der Waals surface area contributed by atoms with Crippen molar-refractivity contribution in [3.63, 3.8) is 0 Å². The molecule has 0 aliphatic carbocycles. The minimum Gasteiger partial charge on any atom is -0.461 e. The molecule has 0 spiro atoms. The quantitative estimate of drug-likeness (QED) is 0.451. The maximum Gasteiger partial charge on any atom is 0.145 e. The third-order valence-corrected chi connectivity index (χ3v) is 4.94. The fourth-order valence-electron chi connectivity index (χ4n) is 3.09. The van der Waals surface area contributed by atoms with E-state index in [1.165, 1.54) is 0 Å². The van der Waals surface area contributed by atoms with Gasteiger partial charge >= 0.3 is 0 Å². The number of rotatable bonds is 9. The van der Waals surface area contributed by atoms with Gasteiger partial charge in [-0.25, -0.2) is 9.98 Å². The van der Waals surface area contributed by atoms with Gasteiger partial charge in [-0.1, -0.05) is 18.5 Å². The molecule has 160 valence electrons. The number of hydrogen-bond donors (Lipinski definition) is 2. The predicted octanol–water partition coefficient (Wildman–Crippen LogP) is 4.57. The Morgan fingerprint density at radius 2 is 2.20 bits per heavy atom. The molecule has 1 aliphatic rings. The highest BCUT2D eigenvalue weighted by atomic mass is 35.5. The van der Waals surface area contributed by atoms with E-state index in [-0.39, 0.29) is 6.61 Å². The maximum absolute atomic E-state index is 8.84.